The van der Waals surface area contributed by atoms with Crippen molar-refractivity contribution in [3.8, 4) is 0 Å². The molecule has 1 fully saturated rings. The van der Waals surface area contributed by atoms with E-state index in [1.54, 1.807) is 13.1 Å². The Bertz CT molecular complexity index is 1300. The molecule has 0 aliphatic carbocycles. The number of carbonyl (C=O) groups excluding carboxylic acids is 1. The lowest BCUT2D eigenvalue weighted by molar-refractivity contribution is -0.126. The van der Waals surface area contributed by atoms with Crippen LogP contribution in [-0.4, -0.2) is 42.8 Å². The second-order valence-corrected chi connectivity index (χ2v) is 10.2. The Hall–Kier alpha value is -2.91. The van der Waals surface area contributed by atoms with Crippen LogP contribution in [-0.2, 0) is 28.3 Å². The van der Waals surface area contributed by atoms with Crippen LogP contribution in [0.25, 0.3) is 11.1 Å². The van der Waals surface area contributed by atoms with Crippen molar-refractivity contribution in [2.75, 3.05) is 19.6 Å². The SMILES string of the molecule is Cc1cccc(CCNC(=O)C2CCN(S(=O)(=O)c3ccc4c(c3)oc(=O)n4C)CC2)c1. The van der Waals surface area contributed by atoms with Crippen LogP contribution in [0, 0.1) is 12.8 Å². The molecule has 9 heteroatoms. The fourth-order valence-corrected chi connectivity index (χ4v) is 5.61. The van der Waals surface area contributed by atoms with E-state index < -0.39 is 15.8 Å². The van der Waals surface area contributed by atoms with E-state index in [0.29, 0.717) is 24.9 Å². The zero-order chi connectivity index (χ0) is 22.9. The number of carbonyl (C=O) groups is 1. The minimum absolute atomic E-state index is 0.0258. The van der Waals surface area contributed by atoms with Crippen LogP contribution in [0.2, 0.25) is 0 Å². The molecule has 3 aromatic rings. The average Bonchev–Trinajstić information content (AvgIpc) is 3.07. The Balaban J connectivity index is 1.34. The van der Waals surface area contributed by atoms with Gasteiger partial charge in [-0.2, -0.15) is 4.31 Å². The highest BCUT2D eigenvalue weighted by molar-refractivity contribution is 7.89. The Labute approximate surface area is 186 Å². The highest BCUT2D eigenvalue weighted by Gasteiger charge is 2.32. The summed E-state index contributed by atoms with van der Waals surface area (Å²) in [5.74, 6) is -0.764. The standard InChI is InChI=1S/C23H27N3O5S/c1-16-4-3-5-17(14-16)8-11-24-22(27)18-9-12-26(13-10-18)32(29,30)19-6-7-20-21(15-19)31-23(28)25(20)2/h3-7,14-15,18H,8-13H2,1-2H3,(H,24,27). The predicted molar refractivity (Wildman–Crippen MR) is 121 cm³/mol. The van der Waals surface area contributed by atoms with Crippen molar-refractivity contribution in [3.05, 3.63) is 64.1 Å². The molecule has 170 valence electrons. The number of fused-ring (bicyclic) bond motifs is 1. The topological polar surface area (TPSA) is 102 Å². The van der Waals surface area contributed by atoms with Crippen molar-refractivity contribution in [3.63, 3.8) is 0 Å². The van der Waals surface area contributed by atoms with Gasteiger partial charge in [0.1, 0.15) is 0 Å². The molecule has 0 atom stereocenters. The van der Waals surface area contributed by atoms with Gasteiger partial charge < -0.3 is 9.73 Å². The van der Waals surface area contributed by atoms with E-state index in [0.717, 1.165) is 6.42 Å². The number of nitrogens with one attached hydrogen (secondary N) is 1. The largest absolute Gasteiger partial charge is 0.419 e. The third kappa shape index (κ3) is 4.49. The molecule has 1 aromatic heterocycles. The second kappa shape index (κ2) is 8.91. The van der Waals surface area contributed by atoms with Crippen LogP contribution in [0.15, 0.2) is 56.6 Å². The van der Waals surface area contributed by atoms with Crippen LogP contribution >= 0.6 is 0 Å². The molecule has 2 aromatic carbocycles. The van der Waals surface area contributed by atoms with Gasteiger partial charge in [0.2, 0.25) is 15.9 Å². The van der Waals surface area contributed by atoms with E-state index in [1.807, 2.05) is 25.1 Å². The number of hydrogen-bond donors (Lipinski definition) is 1. The number of piperidine rings is 1. The minimum Gasteiger partial charge on any atom is -0.408 e. The molecule has 1 aliphatic heterocycles. The Morgan fingerprint density at radius 2 is 1.91 bits per heavy atom. The van der Waals surface area contributed by atoms with Gasteiger partial charge in [-0.1, -0.05) is 29.8 Å². The molecule has 1 aliphatic rings. The van der Waals surface area contributed by atoms with Crippen LogP contribution in [0.1, 0.15) is 24.0 Å². The van der Waals surface area contributed by atoms with Gasteiger partial charge in [-0.25, -0.2) is 13.2 Å². The number of rotatable bonds is 6. The highest BCUT2D eigenvalue weighted by Crippen LogP contribution is 2.26. The van der Waals surface area contributed by atoms with Crippen molar-refractivity contribution in [2.45, 2.75) is 31.1 Å². The Morgan fingerprint density at radius 3 is 2.62 bits per heavy atom. The summed E-state index contributed by atoms with van der Waals surface area (Å²) in [5.41, 5.74) is 3.14. The molecule has 8 nitrogen and oxygen atoms in total. The zero-order valence-electron chi connectivity index (χ0n) is 18.2. The third-order valence-corrected chi connectivity index (χ3v) is 7.92. The number of oxazole rings is 1. The van der Waals surface area contributed by atoms with Crippen LogP contribution in [0.3, 0.4) is 0 Å². The summed E-state index contributed by atoms with van der Waals surface area (Å²) < 4.78 is 33.9. The summed E-state index contributed by atoms with van der Waals surface area (Å²) in [6.45, 7) is 3.14. The number of aryl methyl sites for hydroxylation is 2. The summed E-state index contributed by atoms with van der Waals surface area (Å²) in [6, 6.07) is 12.6. The van der Waals surface area contributed by atoms with Gasteiger partial charge >= 0.3 is 5.76 Å². The van der Waals surface area contributed by atoms with Crippen molar-refractivity contribution in [2.24, 2.45) is 13.0 Å². The van der Waals surface area contributed by atoms with Crippen LogP contribution in [0.4, 0.5) is 0 Å². The van der Waals surface area contributed by atoms with Gasteiger partial charge in [-0.3, -0.25) is 9.36 Å². The molecule has 2 heterocycles. The molecule has 0 saturated carbocycles. The quantitative estimate of drug-likeness (QED) is 0.612. The van der Waals surface area contributed by atoms with Crippen LogP contribution < -0.4 is 11.1 Å². The summed E-state index contributed by atoms with van der Waals surface area (Å²) in [7, 11) is -2.16. The number of hydrogen-bond acceptors (Lipinski definition) is 5. The first-order valence-corrected chi connectivity index (χ1v) is 12.1. The lowest BCUT2D eigenvalue weighted by atomic mass is 9.97. The van der Waals surface area contributed by atoms with E-state index in [-0.39, 0.29) is 35.4 Å². The number of benzene rings is 2. The van der Waals surface area contributed by atoms with E-state index in [1.165, 1.54) is 32.1 Å². The van der Waals surface area contributed by atoms with Crippen molar-refractivity contribution in [1.82, 2.24) is 14.2 Å². The monoisotopic (exact) mass is 457 g/mol. The van der Waals surface area contributed by atoms with Crippen LogP contribution in [0.5, 0.6) is 0 Å². The highest BCUT2D eigenvalue weighted by atomic mass is 32.2. The van der Waals surface area contributed by atoms with Gasteiger partial charge in [0.15, 0.2) is 5.58 Å². The van der Waals surface area contributed by atoms with Gasteiger partial charge in [0.05, 0.1) is 10.4 Å². The Kier molecular flexibility index (Phi) is 6.21. The first-order valence-electron chi connectivity index (χ1n) is 10.7. The summed E-state index contributed by atoms with van der Waals surface area (Å²) in [6.07, 6.45) is 1.70. The molecular formula is C23H27N3O5S. The van der Waals surface area contributed by atoms with E-state index in [9.17, 15) is 18.0 Å². The lowest BCUT2D eigenvalue weighted by Crippen LogP contribution is -2.43. The van der Waals surface area contributed by atoms with Crippen molar-refractivity contribution < 1.29 is 17.6 Å². The molecule has 1 saturated heterocycles. The molecule has 1 amide bonds. The van der Waals surface area contributed by atoms with E-state index >= 15 is 0 Å². The summed E-state index contributed by atoms with van der Waals surface area (Å²) in [5, 5.41) is 2.98. The smallest absolute Gasteiger partial charge is 0.408 e. The molecule has 4 rings (SSSR count). The zero-order valence-corrected chi connectivity index (χ0v) is 19.0. The maximum absolute atomic E-state index is 13.1. The molecule has 1 N–H and O–H groups in total. The van der Waals surface area contributed by atoms with Crippen molar-refractivity contribution >= 4 is 27.0 Å². The number of sulfonamides is 1. The minimum atomic E-state index is -3.73. The molecular weight excluding hydrogens is 430 g/mol. The predicted octanol–water partition coefficient (Wildman–Crippen LogP) is 2.20. The van der Waals surface area contributed by atoms with Gasteiger partial charge in [0, 0.05) is 38.7 Å². The second-order valence-electron chi connectivity index (χ2n) is 8.26. The lowest BCUT2D eigenvalue weighted by Gasteiger charge is -2.30. The fourth-order valence-electron chi connectivity index (χ4n) is 4.12. The van der Waals surface area contributed by atoms with Gasteiger partial charge in [0.25, 0.3) is 0 Å². The average molecular weight is 458 g/mol. The first kappa shape index (κ1) is 22.3. The summed E-state index contributed by atoms with van der Waals surface area (Å²) >= 11 is 0. The Morgan fingerprint density at radius 1 is 1.16 bits per heavy atom. The fraction of sp³-hybridized carbons (Fsp3) is 0.391. The van der Waals surface area contributed by atoms with Gasteiger partial charge in [-0.15, -0.1) is 0 Å². The molecule has 32 heavy (non-hydrogen) atoms. The molecule has 0 radical (unpaired) electrons. The maximum Gasteiger partial charge on any atom is 0.419 e. The molecule has 0 spiro atoms. The first-order chi connectivity index (χ1) is 15.3. The molecule has 0 bridgehead atoms. The third-order valence-electron chi connectivity index (χ3n) is 6.02. The number of aromatic nitrogens is 1. The number of amides is 1. The number of nitrogens with zero attached hydrogens (tertiary/aromatic N) is 2. The summed E-state index contributed by atoms with van der Waals surface area (Å²) in [4.78, 5) is 24.3. The van der Waals surface area contributed by atoms with E-state index in [4.69, 9.17) is 4.42 Å². The maximum atomic E-state index is 13.1. The van der Waals surface area contributed by atoms with E-state index in [2.05, 4.69) is 11.4 Å². The molecule has 0 unspecified atom stereocenters. The van der Waals surface area contributed by atoms with Crippen molar-refractivity contribution in [1.29, 1.82) is 0 Å². The van der Waals surface area contributed by atoms with Gasteiger partial charge in [-0.05, 0) is 43.9 Å². The normalized spacial score (nSPS) is 15.8.